The number of hydrogen-bond donors (Lipinski definition) is 1. The van der Waals surface area contributed by atoms with Crippen molar-refractivity contribution in [3.63, 3.8) is 0 Å². The lowest BCUT2D eigenvalue weighted by Gasteiger charge is -2.31. The van der Waals surface area contributed by atoms with Crippen LogP contribution < -0.4 is 14.4 Å². The van der Waals surface area contributed by atoms with E-state index in [-0.39, 0.29) is 12.5 Å². The van der Waals surface area contributed by atoms with Gasteiger partial charge >= 0.3 is 0 Å². The molecule has 0 saturated carbocycles. The average Bonchev–Trinajstić information content (AvgIpc) is 2.75. The molecule has 31 heavy (non-hydrogen) atoms. The Morgan fingerprint density at radius 1 is 1.10 bits per heavy atom. The summed E-state index contributed by atoms with van der Waals surface area (Å²) in [5.41, 5.74) is 2.18. The Kier molecular flexibility index (Phi) is 8.04. The van der Waals surface area contributed by atoms with Gasteiger partial charge in [0, 0.05) is 13.6 Å². The summed E-state index contributed by atoms with van der Waals surface area (Å²) in [5, 5.41) is 2.55. The van der Waals surface area contributed by atoms with Gasteiger partial charge in [-0.2, -0.15) is 0 Å². The highest BCUT2D eigenvalue weighted by Crippen LogP contribution is 2.22. The number of nitrogens with zero attached hydrogens (tertiary/aromatic N) is 2. The number of aryl methyl sites for hydroxylation is 1. The van der Waals surface area contributed by atoms with E-state index in [2.05, 4.69) is 5.32 Å². The van der Waals surface area contributed by atoms with E-state index in [1.807, 2.05) is 31.2 Å². The molecule has 1 unspecified atom stereocenters. The van der Waals surface area contributed by atoms with Crippen molar-refractivity contribution in [3.8, 4) is 5.75 Å². The maximum absolute atomic E-state index is 13.3. The highest BCUT2D eigenvalue weighted by molar-refractivity contribution is 7.92. The first-order valence-corrected chi connectivity index (χ1v) is 11.6. The van der Waals surface area contributed by atoms with Crippen LogP contribution in [0.3, 0.4) is 0 Å². The Morgan fingerprint density at radius 2 is 1.71 bits per heavy atom. The second-order valence-electron chi connectivity index (χ2n) is 7.21. The molecule has 8 nitrogen and oxygen atoms in total. The van der Waals surface area contributed by atoms with E-state index in [0.29, 0.717) is 11.4 Å². The quantitative estimate of drug-likeness (QED) is 0.634. The third-order valence-electron chi connectivity index (χ3n) is 5.06. The zero-order valence-corrected chi connectivity index (χ0v) is 19.3. The minimum atomic E-state index is -3.75. The van der Waals surface area contributed by atoms with Crippen molar-refractivity contribution in [2.45, 2.75) is 26.4 Å². The molecule has 1 atom stereocenters. The van der Waals surface area contributed by atoms with E-state index >= 15 is 0 Å². The van der Waals surface area contributed by atoms with Gasteiger partial charge in [-0.1, -0.05) is 24.3 Å². The third-order valence-corrected chi connectivity index (χ3v) is 6.20. The minimum absolute atomic E-state index is 0.181. The highest BCUT2D eigenvalue weighted by atomic mass is 32.2. The monoisotopic (exact) mass is 447 g/mol. The summed E-state index contributed by atoms with van der Waals surface area (Å²) in [6.45, 7) is 3.29. The minimum Gasteiger partial charge on any atom is -0.497 e. The van der Waals surface area contributed by atoms with E-state index in [0.717, 1.165) is 21.7 Å². The second-order valence-corrected chi connectivity index (χ2v) is 9.11. The molecular formula is C22H29N3O5S. The van der Waals surface area contributed by atoms with Crippen LogP contribution in [0.2, 0.25) is 0 Å². The van der Waals surface area contributed by atoms with Crippen LogP contribution in [0, 0.1) is 6.92 Å². The Hall–Kier alpha value is -3.07. The average molecular weight is 448 g/mol. The molecule has 168 valence electrons. The number of benzene rings is 2. The first-order chi connectivity index (χ1) is 14.6. The van der Waals surface area contributed by atoms with Crippen molar-refractivity contribution < 1.29 is 22.7 Å². The van der Waals surface area contributed by atoms with Crippen LogP contribution in [0.4, 0.5) is 5.69 Å². The maximum atomic E-state index is 13.3. The summed E-state index contributed by atoms with van der Waals surface area (Å²) in [5.74, 6) is -0.254. The lowest BCUT2D eigenvalue weighted by Crippen LogP contribution is -2.50. The predicted octanol–water partition coefficient (Wildman–Crippen LogP) is 1.93. The largest absolute Gasteiger partial charge is 0.497 e. The number of ether oxygens (including phenoxy) is 1. The summed E-state index contributed by atoms with van der Waals surface area (Å²) in [7, 11) is -0.748. The summed E-state index contributed by atoms with van der Waals surface area (Å²) in [4.78, 5) is 27.0. The molecule has 9 heteroatoms. The van der Waals surface area contributed by atoms with Gasteiger partial charge in [0.2, 0.25) is 21.8 Å². The number of rotatable bonds is 9. The number of nitrogens with one attached hydrogen (secondary N) is 1. The molecule has 0 bridgehead atoms. The number of methoxy groups -OCH3 is 1. The van der Waals surface area contributed by atoms with Gasteiger partial charge in [-0.15, -0.1) is 0 Å². The highest BCUT2D eigenvalue weighted by Gasteiger charge is 2.29. The molecule has 0 heterocycles. The van der Waals surface area contributed by atoms with E-state index in [9.17, 15) is 18.0 Å². The van der Waals surface area contributed by atoms with Crippen LogP contribution in [0.1, 0.15) is 18.1 Å². The van der Waals surface area contributed by atoms with Crippen LogP contribution in [-0.2, 0) is 26.2 Å². The molecule has 2 amide bonds. The predicted molar refractivity (Wildman–Crippen MR) is 120 cm³/mol. The number of hydrogen-bond acceptors (Lipinski definition) is 5. The molecule has 0 saturated heterocycles. The number of anilines is 1. The zero-order chi connectivity index (χ0) is 23.2. The van der Waals surface area contributed by atoms with Crippen molar-refractivity contribution in [1.29, 1.82) is 0 Å². The molecule has 1 N–H and O–H groups in total. The van der Waals surface area contributed by atoms with E-state index in [4.69, 9.17) is 4.74 Å². The lowest BCUT2D eigenvalue weighted by molar-refractivity contribution is -0.139. The standard InChI is InChI=1S/C22H29N3O5S/c1-16-8-6-7-9-18(16)14-24(17(2)22(27)23-3)21(26)15-25(31(5,28)29)19-10-12-20(30-4)13-11-19/h6-13,17H,14-15H2,1-5H3,(H,23,27). The molecule has 0 aliphatic carbocycles. The maximum Gasteiger partial charge on any atom is 0.244 e. The van der Waals surface area contributed by atoms with Crippen LogP contribution in [-0.4, -0.2) is 58.1 Å². The fraction of sp³-hybridized carbons (Fsp3) is 0.364. The van der Waals surface area contributed by atoms with Crippen molar-refractivity contribution in [2.24, 2.45) is 0 Å². The molecule has 0 radical (unpaired) electrons. The molecule has 0 fully saturated rings. The van der Waals surface area contributed by atoms with Crippen molar-refractivity contribution in [3.05, 3.63) is 59.7 Å². The van der Waals surface area contributed by atoms with Gasteiger partial charge in [0.15, 0.2) is 0 Å². The first kappa shape index (κ1) is 24.2. The normalized spacial score (nSPS) is 12.0. The Labute approximate surface area is 183 Å². The number of likely N-dealkylation sites (N-methyl/N-ethyl adjacent to an activating group) is 1. The van der Waals surface area contributed by atoms with Crippen molar-refractivity contribution in [2.75, 3.05) is 31.3 Å². The van der Waals surface area contributed by atoms with E-state index in [1.165, 1.54) is 19.1 Å². The number of carbonyl (C=O) groups excluding carboxylic acids is 2. The van der Waals surface area contributed by atoms with Crippen molar-refractivity contribution in [1.82, 2.24) is 10.2 Å². The number of amides is 2. The van der Waals surface area contributed by atoms with Crippen molar-refractivity contribution >= 4 is 27.5 Å². The van der Waals surface area contributed by atoms with Gasteiger partial charge in [-0.05, 0) is 49.2 Å². The number of sulfonamides is 1. The van der Waals surface area contributed by atoms with Gasteiger partial charge in [-0.3, -0.25) is 13.9 Å². The molecular weight excluding hydrogens is 418 g/mol. The van der Waals surface area contributed by atoms with Gasteiger partial charge < -0.3 is 15.0 Å². The Morgan fingerprint density at radius 3 is 2.23 bits per heavy atom. The van der Waals surface area contributed by atoms with Crippen LogP contribution >= 0.6 is 0 Å². The third kappa shape index (κ3) is 6.21. The number of carbonyl (C=O) groups is 2. The summed E-state index contributed by atoms with van der Waals surface area (Å²) in [6.07, 6.45) is 1.04. The fourth-order valence-electron chi connectivity index (χ4n) is 3.12. The molecule has 0 aliphatic heterocycles. The van der Waals surface area contributed by atoms with Crippen LogP contribution in [0.15, 0.2) is 48.5 Å². The molecule has 2 aromatic rings. The molecule has 2 aromatic carbocycles. The SMILES string of the molecule is CNC(=O)C(C)N(Cc1ccccc1C)C(=O)CN(c1ccc(OC)cc1)S(C)(=O)=O. The van der Waals surface area contributed by atoms with Gasteiger partial charge in [0.05, 0.1) is 19.1 Å². The van der Waals surface area contributed by atoms with Crippen LogP contribution in [0.5, 0.6) is 5.75 Å². The molecule has 0 aromatic heterocycles. The molecule has 2 rings (SSSR count). The Bertz CT molecular complexity index is 1020. The van der Waals surface area contributed by atoms with Gasteiger partial charge in [0.25, 0.3) is 0 Å². The Balaban J connectivity index is 2.38. The van der Waals surface area contributed by atoms with E-state index in [1.54, 1.807) is 31.2 Å². The lowest BCUT2D eigenvalue weighted by atomic mass is 10.1. The fourth-order valence-corrected chi connectivity index (χ4v) is 3.97. The molecule has 0 aliphatic rings. The summed E-state index contributed by atoms with van der Waals surface area (Å²) in [6, 6.07) is 13.1. The zero-order valence-electron chi connectivity index (χ0n) is 18.5. The summed E-state index contributed by atoms with van der Waals surface area (Å²) >= 11 is 0. The second kappa shape index (κ2) is 10.3. The smallest absolute Gasteiger partial charge is 0.244 e. The van der Waals surface area contributed by atoms with Gasteiger partial charge in [0.1, 0.15) is 18.3 Å². The van der Waals surface area contributed by atoms with Crippen LogP contribution in [0.25, 0.3) is 0 Å². The van der Waals surface area contributed by atoms with Gasteiger partial charge in [-0.25, -0.2) is 8.42 Å². The molecule has 0 spiro atoms. The first-order valence-electron chi connectivity index (χ1n) is 9.75. The topological polar surface area (TPSA) is 96.0 Å². The van der Waals surface area contributed by atoms with E-state index < -0.39 is 28.5 Å². The summed E-state index contributed by atoms with van der Waals surface area (Å²) < 4.78 is 31.1.